The van der Waals surface area contributed by atoms with E-state index in [1.165, 1.54) is 12.8 Å². The van der Waals surface area contributed by atoms with Gasteiger partial charge < -0.3 is 4.90 Å². The van der Waals surface area contributed by atoms with Crippen LogP contribution in [0.4, 0.5) is 0 Å². The van der Waals surface area contributed by atoms with Gasteiger partial charge in [-0.15, -0.1) is 0 Å². The molecule has 0 spiro atoms. The number of benzene rings is 1. The summed E-state index contributed by atoms with van der Waals surface area (Å²) in [7, 11) is 0. The average molecular weight is 271 g/mol. The molecular formula is C18H25NO. The van der Waals surface area contributed by atoms with E-state index in [2.05, 4.69) is 25.7 Å². The lowest BCUT2D eigenvalue weighted by Gasteiger charge is -2.39. The zero-order valence-corrected chi connectivity index (χ0v) is 12.9. The first-order valence-corrected chi connectivity index (χ1v) is 7.70. The zero-order chi connectivity index (χ0) is 14.4. The molecule has 1 saturated carbocycles. The summed E-state index contributed by atoms with van der Waals surface area (Å²) in [4.78, 5) is 14.8. The minimum Gasteiger partial charge on any atom is -0.339 e. The summed E-state index contributed by atoms with van der Waals surface area (Å²) >= 11 is 0. The molecule has 108 valence electrons. The van der Waals surface area contributed by atoms with E-state index in [0.29, 0.717) is 29.2 Å². The molecule has 1 aromatic rings. The molecule has 0 N–H and O–H groups in total. The van der Waals surface area contributed by atoms with Crippen LogP contribution < -0.4 is 0 Å². The highest BCUT2D eigenvalue weighted by molar-refractivity contribution is 5.79. The summed E-state index contributed by atoms with van der Waals surface area (Å²) in [6, 6.07) is 10.6. The van der Waals surface area contributed by atoms with Crippen LogP contribution in [0.3, 0.4) is 0 Å². The number of amides is 1. The highest BCUT2D eigenvalue weighted by Gasteiger charge is 2.50. The number of nitrogens with zero attached hydrogens (tertiary/aromatic N) is 1. The monoisotopic (exact) mass is 271 g/mol. The van der Waals surface area contributed by atoms with E-state index in [4.69, 9.17) is 0 Å². The van der Waals surface area contributed by atoms with Crippen molar-refractivity contribution in [3.8, 4) is 0 Å². The maximum Gasteiger partial charge on any atom is 0.227 e. The highest BCUT2D eigenvalue weighted by atomic mass is 16.2. The van der Waals surface area contributed by atoms with Gasteiger partial charge in [-0.1, -0.05) is 51.1 Å². The molecule has 2 aliphatic rings. The van der Waals surface area contributed by atoms with Crippen LogP contribution in [0.1, 0.15) is 45.6 Å². The van der Waals surface area contributed by atoms with Gasteiger partial charge in [-0.3, -0.25) is 4.79 Å². The Morgan fingerprint density at radius 2 is 1.90 bits per heavy atom. The van der Waals surface area contributed by atoms with E-state index in [0.717, 1.165) is 18.5 Å². The summed E-state index contributed by atoms with van der Waals surface area (Å²) in [5, 5.41) is 0. The molecule has 2 fully saturated rings. The second-order valence-electron chi connectivity index (χ2n) is 7.90. The number of hydrogen-bond acceptors (Lipinski definition) is 1. The minimum atomic E-state index is 0.308. The van der Waals surface area contributed by atoms with Crippen LogP contribution in [-0.2, 0) is 11.2 Å². The SMILES string of the molecule is CC1(C)CC2CC(C)(CN2C(=O)Cc2ccccc2)C1. The smallest absolute Gasteiger partial charge is 0.227 e. The van der Waals surface area contributed by atoms with Crippen molar-refractivity contribution in [1.29, 1.82) is 0 Å². The van der Waals surface area contributed by atoms with Crippen LogP contribution >= 0.6 is 0 Å². The normalized spacial score (nSPS) is 31.4. The maximum atomic E-state index is 12.6. The second-order valence-corrected chi connectivity index (χ2v) is 7.90. The number of carbonyl (C=O) groups is 1. The Labute approximate surface area is 122 Å². The topological polar surface area (TPSA) is 20.3 Å². The van der Waals surface area contributed by atoms with Crippen LogP contribution in [-0.4, -0.2) is 23.4 Å². The number of rotatable bonds is 2. The van der Waals surface area contributed by atoms with Crippen LogP contribution in [0.2, 0.25) is 0 Å². The van der Waals surface area contributed by atoms with E-state index >= 15 is 0 Å². The van der Waals surface area contributed by atoms with Gasteiger partial charge in [-0.25, -0.2) is 0 Å². The predicted octanol–water partition coefficient (Wildman–Crippen LogP) is 3.66. The first kappa shape index (κ1) is 13.7. The van der Waals surface area contributed by atoms with E-state index in [-0.39, 0.29) is 0 Å². The van der Waals surface area contributed by atoms with Crippen molar-refractivity contribution in [1.82, 2.24) is 4.90 Å². The van der Waals surface area contributed by atoms with Crippen molar-refractivity contribution in [3.05, 3.63) is 35.9 Å². The fraction of sp³-hybridized carbons (Fsp3) is 0.611. The Morgan fingerprint density at radius 3 is 2.60 bits per heavy atom. The Kier molecular flexibility index (Phi) is 3.15. The van der Waals surface area contributed by atoms with Crippen molar-refractivity contribution >= 4 is 5.91 Å². The standard InChI is InChI=1S/C18H25NO/c1-17(2)10-15-11-18(3,12-17)13-19(15)16(20)9-14-7-5-4-6-8-14/h4-8,15H,9-13H2,1-3H3. The van der Waals surface area contributed by atoms with E-state index in [1.807, 2.05) is 30.3 Å². The van der Waals surface area contributed by atoms with Gasteiger partial charge in [0.05, 0.1) is 6.42 Å². The molecule has 1 saturated heterocycles. The Bertz CT molecular complexity index is 507. The highest BCUT2D eigenvalue weighted by Crippen LogP contribution is 2.52. The van der Waals surface area contributed by atoms with Crippen molar-refractivity contribution < 1.29 is 4.79 Å². The molecule has 1 amide bonds. The number of carbonyl (C=O) groups excluding carboxylic acids is 1. The molecule has 2 nitrogen and oxygen atoms in total. The molecule has 2 atom stereocenters. The summed E-state index contributed by atoms with van der Waals surface area (Å²) in [5.74, 6) is 0.308. The van der Waals surface area contributed by atoms with Gasteiger partial charge in [0.25, 0.3) is 0 Å². The largest absolute Gasteiger partial charge is 0.339 e. The molecule has 2 unspecified atom stereocenters. The van der Waals surface area contributed by atoms with Gasteiger partial charge in [0, 0.05) is 12.6 Å². The lowest BCUT2D eigenvalue weighted by Crippen LogP contribution is -2.38. The second kappa shape index (κ2) is 4.61. The maximum absolute atomic E-state index is 12.6. The molecule has 2 heteroatoms. The number of likely N-dealkylation sites (tertiary alicyclic amines) is 1. The summed E-state index contributed by atoms with van der Waals surface area (Å²) in [5.41, 5.74) is 1.83. The molecule has 2 bridgehead atoms. The fourth-order valence-corrected chi connectivity index (χ4v) is 4.62. The molecule has 20 heavy (non-hydrogen) atoms. The van der Waals surface area contributed by atoms with Gasteiger partial charge in [0.15, 0.2) is 0 Å². The Balaban J connectivity index is 1.74. The molecular weight excluding hydrogens is 246 g/mol. The average Bonchev–Trinajstić information content (AvgIpc) is 2.60. The van der Waals surface area contributed by atoms with Crippen LogP contribution in [0.15, 0.2) is 30.3 Å². The number of hydrogen-bond donors (Lipinski definition) is 0. The molecule has 1 aliphatic carbocycles. The van der Waals surface area contributed by atoms with Gasteiger partial charge >= 0.3 is 0 Å². The van der Waals surface area contributed by atoms with E-state index in [9.17, 15) is 4.79 Å². The molecule has 1 aliphatic heterocycles. The minimum absolute atomic E-state index is 0.308. The van der Waals surface area contributed by atoms with Crippen LogP contribution in [0.25, 0.3) is 0 Å². The van der Waals surface area contributed by atoms with Crippen LogP contribution in [0.5, 0.6) is 0 Å². The van der Waals surface area contributed by atoms with Gasteiger partial charge in [0.1, 0.15) is 0 Å². The van der Waals surface area contributed by atoms with Crippen molar-refractivity contribution in [2.45, 2.75) is 52.5 Å². The molecule has 0 aromatic heterocycles. The molecule has 1 heterocycles. The predicted molar refractivity (Wildman–Crippen MR) is 81.4 cm³/mol. The number of fused-ring (bicyclic) bond motifs is 2. The zero-order valence-electron chi connectivity index (χ0n) is 12.9. The Morgan fingerprint density at radius 1 is 1.20 bits per heavy atom. The third-order valence-corrected chi connectivity index (χ3v) is 4.93. The van der Waals surface area contributed by atoms with Gasteiger partial charge in [-0.2, -0.15) is 0 Å². The van der Waals surface area contributed by atoms with Gasteiger partial charge in [-0.05, 0) is 35.7 Å². The summed E-state index contributed by atoms with van der Waals surface area (Å²) in [6.07, 6.45) is 4.14. The fourth-order valence-electron chi connectivity index (χ4n) is 4.62. The van der Waals surface area contributed by atoms with Crippen molar-refractivity contribution in [2.75, 3.05) is 6.54 Å². The lowest BCUT2D eigenvalue weighted by molar-refractivity contribution is -0.131. The quantitative estimate of drug-likeness (QED) is 0.804. The van der Waals surface area contributed by atoms with E-state index < -0.39 is 0 Å². The van der Waals surface area contributed by atoms with Gasteiger partial charge in [0.2, 0.25) is 5.91 Å². The Hall–Kier alpha value is -1.31. The van der Waals surface area contributed by atoms with Crippen molar-refractivity contribution in [2.24, 2.45) is 10.8 Å². The lowest BCUT2D eigenvalue weighted by atomic mass is 9.65. The molecule has 3 rings (SSSR count). The molecule has 0 radical (unpaired) electrons. The van der Waals surface area contributed by atoms with E-state index in [1.54, 1.807) is 0 Å². The third-order valence-electron chi connectivity index (χ3n) is 4.93. The first-order chi connectivity index (χ1) is 9.37. The summed E-state index contributed by atoms with van der Waals surface area (Å²) < 4.78 is 0. The summed E-state index contributed by atoms with van der Waals surface area (Å²) in [6.45, 7) is 8.01. The first-order valence-electron chi connectivity index (χ1n) is 7.70. The third kappa shape index (κ3) is 2.61. The van der Waals surface area contributed by atoms with Crippen LogP contribution in [0, 0.1) is 10.8 Å². The van der Waals surface area contributed by atoms with Crippen molar-refractivity contribution in [3.63, 3.8) is 0 Å². The molecule has 1 aromatic carbocycles.